The number of carbonyl (C=O) groups is 1. The lowest BCUT2D eigenvalue weighted by atomic mass is 9.94. The second kappa shape index (κ2) is 7.22. The minimum Gasteiger partial charge on any atom is -0.454 e. The minimum absolute atomic E-state index is 0.0593. The van der Waals surface area contributed by atoms with Gasteiger partial charge >= 0.3 is 0 Å². The van der Waals surface area contributed by atoms with Gasteiger partial charge in [-0.05, 0) is 31.9 Å². The summed E-state index contributed by atoms with van der Waals surface area (Å²) in [5.41, 5.74) is 0.588. The first-order chi connectivity index (χ1) is 13.1. The molecule has 3 aromatic rings. The number of likely N-dealkylation sites (tertiary alicyclic amines) is 1. The van der Waals surface area contributed by atoms with Gasteiger partial charge in [0.15, 0.2) is 5.76 Å². The quantitative estimate of drug-likeness (QED) is 0.760. The van der Waals surface area contributed by atoms with E-state index in [4.69, 9.17) is 4.42 Å². The number of carbonyl (C=O) groups excluding carboxylic acids is 1. The van der Waals surface area contributed by atoms with Crippen LogP contribution >= 0.6 is 0 Å². The monoisotopic (exact) mass is 367 g/mol. The first kappa shape index (κ1) is 17.3. The highest BCUT2D eigenvalue weighted by Crippen LogP contribution is 2.26. The molecule has 1 aliphatic rings. The molecule has 4 rings (SSSR count). The zero-order chi connectivity index (χ0) is 18.8. The molecule has 8 heteroatoms. The number of aromatic nitrogens is 4. The standard InChI is InChI=1S/C19H21N5O3/c1-13-21-16(9-18(25)22-13)14-3-2-7-24(10-14)19(26)17-5-4-15(27-17)11-23-8-6-20-12-23/h4-6,8-9,12,14H,2-3,7,10-11H2,1H3,(H,21,22,25)/t14-/m0/s1. The first-order valence-corrected chi connectivity index (χ1v) is 9.00. The van der Waals surface area contributed by atoms with E-state index in [1.807, 2.05) is 16.8 Å². The predicted octanol–water partition coefficient (Wildman–Crippen LogP) is 1.94. The SMILES string of the molecule is Cc1nc([C@H]2CCCN(C(=O)c3ccc(Cn4ccnc4)o3)C2)cc(=O)[nH]1. The van der Waals surface area contributed by atoms with E-state index >= 15 is 0 Å². The van der Waals surface area contributed by atoms with Crippen molar-refractivity contribution in [2.75, 3.05) is 13.1 Å². The third-order valence-electron chi connectivity index (χ3n) is 4.78. The van der Waals surface area contributed by atoms with E-state index in [0.29, 0.717) is 37.0 Å². The van der Waals surface area contributed by atoms with Crippen LogP contribution in [0.5, 0.6) is 0 Å². The number of imidazole rings is 1. The van der Waals surface area contributed by atoms with E-state index in [9.17, 15) is 9.59 Å². The Morgan fingerprint density at radius 3 is 3.07 bits per heavy atom. The lowest BCUT2D eigenvalue weighted by molar-refractivity contribution is 0.0671. The number of nitrogens with zero attached hydrogens (tertiary/aromatic N) is 4. The second-order valence-corrected chi connectivity index (χ2v) is 6.85. The van der Waals surface area contributed by atoms with Crippen molar-refractivity contribution in [1.82, 2.24) is 24.4 Å². The number of aromatic amines is 1. The molecular weight excluding hydrogens is 346 g/mol. The molecule has 0 bridgehead atoms. The maximum Gasteiger partial charge on any atom is 0.289 e. The summed E-state index contributed by atoms with van der Waals surface area (Å²) >= 11 is 0. The fourth-order valence-corrected chi connectivity index (χ4v) is 3.51. The Hall–Kier alpha value is -3.16. The van der Waals surface area contributed by atoms with Crippen LogP contribution in [0.3, 0.4) is 0 Å². The van der Waals surface area contributed by atoms with Gasteiger partial charge in [0.05, 0.1) is 18.6 Å². The summed E-state index contributed by atoms with van der Waals surface area (Å²) in [4.78, 5) is 37.5. The van der Waals surface area contributed by atoms with Crippen molar-refractivity contribution in [2.24, 2.45) is 0 Å². The van der Waals surface area contributed by atoms with Gasteiger partial charge in [-0.1, -0.05) is 0 Å². The molecule has 0 aromatic carbocycles. The number of amides is 1. The van der Waals surface area contributed by atoms with Crippen LogP contribution in [0.25, 0.3) is 0 Å². The van der Waals surface area contributed by atoms with Crippen molar-refractivity contribution >= 4 is 5.91 Å². The lowest BCUT2D eigenvalue weighted by Crippen LogP contribution is -2.39. The number of hydrogen-bond donors (Lipinski definition) is 1. The van der Waals surface area contributed by atoms with Gasteiger partial charge in [-0.2, -0.15) is 0 Å². The summed E-state index contributed by atoms with van der Waals surface area (Å²) in [5, 5.41) is 0. The Morgan fingerprint density at radius 2 is 2.30 bits per heavy atom. The lowest BCUT2D eigenvalue weighted by Gasteiger charge is -2.32. The Kier molecular flexibility index (Phi) is 4.62. The number of nitrogens with one attached hydrogen (secondary N) is 1. The molecular formula is C19H21N5O3. The summed E-state index contributed by atoms with van der Waals surface area (Å²) in [6, 6.07) is 5.06. The predicted molar refractivity (Wildman–Crippen MR) is 97.5 cm³/mol. The molecule has 0 spiro atoms. The molecule has 0 saturated carbocycles. The molecule has 1 atom stereocenters. The maximum atomic E-state index is 12.9. The Morgan fingerprint density at radius 1 is 1.41 bits per heavy atom. The second-order valence-electron chi connectivity index (χ2n) is 6.85. The van der Waals surface area contributed by atoms with Gasteiger partial charge in [0, 0.05) is 37.5 Å². The zero-order valence-electron chi connectivity index (χ0n) is 15.1. The molecule has 27 heavy (non-hydrogen) atoms. The highest BCUT2D eigenvalue weighted by Gasteiger charge is 2.28. The smallest absolute Gasteiger partial charge is 0.289 e. The maximum absolute atomic E-state index is 12.9. The number of H-pyrrole nitrogens is 1. The highest BCUT2D eigenvalue weighted by molar-refractivity contribution is 5.91. The van der Waals surface area contributed by atoms with E-state index in [2.05, 4.69) is 15.0 Å². The molecule has 0 unspecified atom stereocenters. The molecule has 4 heterocycles. The van der Waals surface area contributed by atoms with Crippen molar-refractivity contribution < 1.29 is 9.21 Å². The molecule has 8 nitrogen and oxygen atoms in total. The molecule has 140 valence electrons. The fraction of sp³-hybridized carbons (Fsp3) is 0.368. The van der Waals surface area contributed by atoms with Crippen LogP contribution in [-0.4, -0.2) is 43.4 Å². The van der Waals surface area contributed by atoms with Crippen LogP contribution in [0.4, 0.5) is 0 Å². The highest BCUT2D eigenvalue weighted by atomic mass is 16.4. The average Bonchev–Trinajstić information content (AvgIpc) is 3.33. The first-order valence-electron chi connectivity index (χ1n) is 9.00. The number of aryl methyl sites for hydroxylation is 1. The third-order valence-corrected chi connectivity index (χ3v) is 4.78. The molecule has 1 amide bonds. The van der Waals surface area contributed by atoms with E-state index in [0.717, 1.165) is 18.5 Å². The van der Waals surface area contributed by atoms with Crippen LogP contribution in [0.2, 0.25) is 0 Å². The minimum atomic E-state index is -0.156. The molecule has 0 radical (unpaired) electrons. The Bertz CT molecular complexity index is 989. The normalized spacial score (nSPS) is 17.2. The summed E-state index contributed by atoms with van der Waals surface area (Å²) in [7, 11) is 0. The van der Waals surface area contributed by atoms with Gasteiger partial charge < -0.3 is 18.9 Å². The van der Waals surface area contributed by atoms with Gasteiger partial charge in [-0.15, -0.1) is 0 Å². The molecule has 0 aliphatic carbocycles. The Balaban J connectivity index is 1.47. The summed E-state index contributed by atoms with van der Waals surface area (Å²) < 4.78 is 7.62. The zero-order valence-corrected chi connectivity index (χ0v) is 15.1. The number of hydrogen-bond acceptors (Lipinski definition) is 5. The van der Waals surface area contributed by atoms with E-state index in [1.165, 1.54) is 6.07 Å². The van der Waals surface area contributed by atoms with E-state index < -0.39 is 0 Å². The topological polar surface area (TPSA) is 97.0 Å². The van der Waals surface area contributed by atoms with Crippen molar-refractivity contribution in [2.45, 2.75) is 32.2 Å². The van der Waals surface area contributed by atoms with Gasteiger partial charge in [-0.25, -0.2) is 9.97 Å². The van der Waals surface area contributed by atoms with Crippen LogP contribution in [0.1, 0.15) is 46.6 Å². The van der Waals surface area contributed by atoms with Gasteiger partial charge in [0.25, 0.3) is 11.5 Å². The van der Waals surface area contributed by atoms with Gasteiger partial charge in [0.1, 0.15) is 11.6 Å². The average molecular weight is 367 g/mol. The van der Waals surface area contributed by atoms with Crippen LogP contribution in [0.15, 0.2) is 46.1 Å². The Labute approximate surface area is 155 Å². The summed E-state index contributed by atoms with van der Waals surface area (Å²) in [5.74, 6) is 1.57. The molecule has 1 aliphatic heterocycles. The number of rotatable bonds is 4. The molecule has 3 aromatic heterocycles. The summed E-state index contributed by atoms with van der Waals surface area (Å²) in [6.45, 7) is 3.51. The van der Waals surface area contributed by atoms with Gasteiger partial charge in [0.2, 0.25) is 0 Å². The van der Waals surface area contributed by atoms with Crippen LogP contribution in [-0.2, 0) is 6.54 Å². The molecule has 1 fully saturated rings. The fourth-order valence-electron chi connectivity index (χ4n) is 3.51. The number of furan rings is 1. The third kappa shape index (κ3) is 3.84. The van der Waals surface area contributed by atoms with E-state index in [-0.39, 0.29) is 17.4 Å². The number of piperidine rings is 1. The van der Waals surface area contributed by atoms with Crippen LogP contribution < -0.4 is 5.56 Å². The van der Waals surface area contributed by atoms with Crippen molar-refractivity contribution in [3.63, 3.8) is 0 Å². The largest absolute Gasteiger partial charge is 0.454 e. The van der Waals surface area contributed by atoms with E-state index in [1.54, 1.807) is 30.4 Å². The summed E-state index contributed by atoms with van der Waals surface area (Å²) in [6.07, 6.45) is 7.02. The molecule has 1 N–H and O–H groups in total. The van der Waals surface area contributed by atoms with Gasteiger partial charge in [-0.3, -0.25) is 9.59 Å². The van der Waals surface area contributed by atoms with Crippen LogP contribution in [0, 0.1) is 6.92 Å². The van der Waals surface area contributed by atoms with Crippen molar-refractivity contribution in [3.8, 4) is 0 Å². The molecule has 1 saturated heterocycles. The van der Waals surface area contributed by atoms with Crippen molar-refractivity contribution in [3.05, 3.63) is 70.3 Å². The van der Waals surface area contributed by atoms with Crippen molar-refractivity contribution in [1.29, 1.82) is 0 Å².